The maximum Gasteiger partial charge on any atom is 0.271 e. The lowest BCUT2D eigenvalue weighted by Gasteiger charge is -2.03. The predicted molar refractivity (Wildman–Crippen MR) is 92.5 cm³/mol. The van der Waals surface area contributed by atoms with Gasteiger partial charge < -0.3 is 5.11 Å². The Hall–Kier alpha value is -2.93. The zero-order valence-corrected chi connectivity index (χ0v) is 13.9. The molecule has 3 aromatic rings. The number of rotatable bonds is 2. The van der Waals surface area contributed by atoms with Crippen molar-refractivity contribution >= 4 is 27.5 Å². The van der Waals surface area contributed by atoms with Crippen molar-refractivity contribution in [3.05, 3.63) is 76.2 Å². The smallest absolute Gasteiger partial charge is 0.271 e. The van der Waals surface area contributed by atoms with Gasteiger partial charge in [0, 0.05) is 28.0 Å². The summed E-state index contributed by atoms with van der Waals surface area (Å²) in [4.78, 5) is 16.6. The number of hydrogen-bond acceptors (Lipinski definition) is 4. The summed E-state index contributed by atoms with van der Waals surface area (Å²) in [6.07, 6.45) is 3.62. The maximum absolute atomic E-state index is 12.2. The molecule has 6 nitrogen and oxygen atoms in total. The zero-order valence-electron chi connectivity index (χ0n) is 12.3. The van der Waals surface area contributed by atoms with Crippen LogP contribution >= 0.6 is 15.9 Å². The van der Waals surface area contributed by atoms with Crippen LogP contribution in [-0.4, -0.2) is 26.3 Å². The summed E-state index contributed by atoms with van der Waals surface area (Å²) in [5.74, 6) is 0.532. The van der Waals surface area contributed by atoms with E-state index < -0.39 is 0 Å². The first-order valence-corrected chi connectivity index (χ1v) is 7.94. The number of hydrazone groups is 1. The summed E-state index contributed by atoms with van der Waals surface area (Å²) < 4.78 is 2.76. The summed E-state index contributed by atoms with van der Waals surface area (Å²) in [6.45, 7) is 0. The van der Waals surface area contributed by atoms with Crippen LogP contribution in [0.25, 0.3) is 5.82 Å². The Kier molecular flexibility index (Phi) is 3.42. The molecule has 0 bridgehead atoms. The van der Waals surface area contributed by atoms with Crippen LogP contribution in [0, 0.1) is 0 Å². The Morgan fingerprint density at radius 2 is 2.04 bits per heavy atom. The van der Waals surface area contributed by atoms with E-state index in [1.165, 1.54) is 24.3 Å². The van der Waals surface area contributed by atoms with Crippen molar-refractivity contribution in [2.24, 2.45) is 5.10 Å². The van der Waals surface area contributed by atoms with Crippen LogP contribution in [0.15, 0.2) is 64.4 Å². The standard InChI is InChI=1S/C17H11BrN4O2/c18-11-8-13-15(14-2-1-7-22(14)16(13)19-9-11)20-21-17(24)10-3-5-12(23)6-4-10/h1-9,23H,(H,21,24)/b20-15-. The van der Waals surface area contributed by atoms with Crippen molar-refractivity contribution in [2.45, 2.75) is 0 Å². The molecule has 2 N–H and O–H groups in total. The molecule has 1 aromatic carbocycles. The van der Waals surface area contributed by atoms with Gasteiger partial charge in [-0.3, -0.25) is 9.36 Å². The van der Waals surface area contributed by atoms with Crippen LogP contribution in [0.3, 0.4) is 0 Å². The van der Waals surface area contributed by atoms with Crippen LogP contribution in [0.4, 0.5) is 0 Å². The van der Waals surface area contributed by atoms with E-state index in [2.05, 4.69) is 31.4 Å². The lowest BCUT2D eigenvalue weighted by atomic mass is 10.1. The molecule has 0 saturated carbocycles. The number of fused-ring (bicyclic) bond motifs is 3. The van der Waals surface area contributed by atoms with Crippen molar-refractivity contribution < 1.29 is 9.90 Å². The molecule has 7 heteroatoms. The first kappa shape index (κ1) is 14.6. The van der Waals surface area contributed by atoms with E-state index in [1.54, 1.807) is 6.20 Å². The molecule has 1 aliphatic rings. The molecule has 0 fully saturated rings. The molecule has 0 saturated heterocycles. The van der Waals surface area contributed by atoms with Gasteiger partial charge in [-0.05, 0) is 58.4 Å². The maximum atomic E-state index is 12.2. The highest BCUT2D eigenvalue weighted by atomic mass is 79.9. The number of amides is 1. The first-order chi connectivity index (χ1) is 11.6. The number of nitrogens with zero attached hydrogens (tertiary/aromatic N) is 3. The number of pyridine rings is 1. The summed E-state index contributed by atoms with van der Waals surface area (Å²) in [7, 11) is 0. The first-order valence-electron chi connectivity index (χ1n) is 7.14. The van der Waals surface area contributed by atoms with Crippen LogP contribution in [0.2, 0.25) is 0 Å². The van der Waals surface area contributed by atoms with E-state index in [0.29, 0.717) is 11.3 Å². The van der Waals surface area contributed by atoms with Crippen molar-refractivity contribution in [3.8, 4) is 11.6 Å². The van der Waals surface area contributed by atoms with Crippen molar-refractivity contribution in [2.75, 3.05) is 0 Å². The number of carbonyl (C=O) groups excluding carboxylic acids is 1. The van der Waals surface area contributed by atoms with E-state index >= 15 is 0 Å². The van der Waals surface area contributed by atoms with Gasteiger partial charge in [0.1, 0.15) is 17.3 Å². The normalized spacial score (nSPS) is 13.6. The van der Waals surface area contributed by atoms with E-state index in [9.17, 15) is 9.90 Å². The van der Waals surface area contributed by atoms with Crippen LogP contribution in [0.5, 0.6) is 5.75 Å². The Balaban J connectivity index is 1.69. The third-order valence-electron chi connectivity index (χ3n) is 3.71. The van der Waals surface area contributed by atoms with Gasteiger partial charge in [-0.25, -0.2) is 10.4 Å². The van der Waals surface area contributed by atoms with Crippen molar-refractivity contribution in [3.63, 3.8) is 0 Å². The Labute approximate surface area is 145 Å². The fraction of sp³-hybridized carbons (Fsp3) is 0. The van der Waals surface area contributed by atoms with E-state index in [1.807, 2.05) is 29.0 Å². The van der Waals surface area contributed by atoms with Crippen molar-refractivity contribution in [1.82, 2.24) is 15.0 Å². The average molecular weight is 383 g/mol. The molecule has 0 radical (unpaired) electrons. The summed E-state index contributed by atoms with van der Waals surface area (Å²) in [6, 6.07) is 11.7. The molecule has 1 amide bonds. The summed E-state index contributed by atoms with van der Waals surface area (Å²) >= 11 is 3.41. The van der Waals surface area contributed by atoms with Crippen LogP contribution in [0.1, 0.15) is 21.6 Å². The molecule has 0 unspecified atom stereocenters. The lowest BCUT2D eigenvalue weighted by Crippen LogP contribution is -2.19. The minimum atomic E-state index is -0.350. The number of phenols is 1. The predicted octanol–water partition coefficient (Wildman–Crippen LogP) is 2.84. The lowest BCUT2D eigenvalue weighted by molar-refractivity contribution is 0.0955. The molecule has 0 atom stereocenters. The van der Waals surface area contributed by atoms with E-state index in [4.69, 9.17) is 0 Å². The molecule has 3 heterocycles. The number of nitrogens with one attached hydrogen (secondary N) is 1. The minimum Gasteiger partial charge on any atom is -0.508 e. The second kappa shape index (κ2) is 5.61. The number of phenolic OH excluding ortho intramolecular Hbond substituents is 1. The number of aromatic hydroxyl groups is 1. The molecule has 4 rings (SSSR count). The van der Waals surface area contributed by atoms with E-state index in [0.717, 1.165) is 21.5 Å². The highest BCUT2D eigenvalue weighted by molar-refractivity contribution is 9.10. The second-order valence-corrected chi connectivity index (χ2v) is 6.15. The van der Waals surface area contributed by atoms with Gasteiger partial charge in [0.25, 0.3) is 5.91 Å². The number of benzene rings is 1. The van der Waals surface area contributed by atoms with Crippen molar-refractivity contribution in [1.29, 1.82) is 0 Å². The van der Waals surface area contributed by atoms with Gasteiger partial charge in [0.15, 0.2) is 0 Å². The Bertz CT molecular complexity index is 977. The Morgan fingerprint density at radius 1 is 1.25 bits per heavy atom. The van der Waals surface area contributed by atoms with Gasteiger partial charge in [0.2, 0.25) is 0 Å². The molecule has 2 aromatic heterocycles. The summed E-state index contributed by atoms with van der Waals surface area (Å²) in [5.41, 5.74) is 5.33. The number of carbonyl (C=O) groups is 1. The molecule has 24 heavy (non-hydrogen) atoms. The second-order valence-electron chi connectivity index (χ2n) is 5.24. The highest BCUT2D eigenvalue weighted by Gasteiger charge is 2.26. The minimum absolute atomic E-state index is 0.108. The van der Waals surface area contributed by atoms with Gasteiger partial charge >= 0.3 is 0 Å². The SMILES string of the molecule is O=C(N/N=C1/c2cc(Br)cnc2-n2cccc21)c1ccc(O)cc1. The zero-order chi connectivity index (χ0) is 16.7. The van der Waals surface area contributed by atoms with Gasteiger partial charge in [-0.15, -0.1) is 0 Å². The van der Waals surface area contributed by atoms with Gasteiger partial charge in [-0.1, -0.05) is 0 Å². The van der Waals surface area contributed by atoms with Crippen LogP contribution in [-0.2, 0) is 0 Å². The largest absolute Gasteiger partial charge is 0.508 e. The molecule has 1 aliphatic heterocycles. The third-order valence-corrected chi connectivity index (χ3v) is 4.14. The van der Waals surface area contributed by atoms with Crippen LogP contribution < -0.4 is 5.43 Å². The molecule has 118 valence electrons. The number of hydrogen-bond donors (Lipinski definition) is 2. The fourth-order valence-electron chi connectivity index (χ4n) is 2.60. The topological polar surface area (TPSA) is 79.5 Å². The highest BCUT2D eigenvalue weighted by Crippen LogP contribution is 2.28. The third kappa shape index (κ3) is 2.39. The molecule has 0 aliphatic carbocycles. The van der Waals surface area contributed by atoms with E-state index in [-0.39, 0.29) is 11.7 Å². The monoisotopic (exact) mass is 382 g/mol. The fourth-order valence-corrected chi connectivity index (χ4v) is 2.93. The van der Waals surface area contributed by atoms with Gasteiger partial charge in [-0.2, -0.15) is 5.10 Å². The summed E-state index contributed by atoms with van der Waals surface area (Å²) in [5, 5.41) is 13.6. The number of aromatic nitrogens is 2. The molecular formula is C17H11BrN4O2. The average Bonchev–Trinajstić information content (AvgIpc) is 3.14. The van der Waals surface area contributed by atoms with Gasteiger partial charge in [0.05, 0.1) is 5.69 Å². The molecule has 0 spiro atoms. The molecular weight excluding hydrogens is 372 g/mol. The Morgan fingerprint density at radius 3 is 2.83 bits per heavy atom. The number of halogens is 1. The quantitative estimate of drug-likeness (QED) is 0.523.